The minimum atomic E-state index is 0.0687. The maximum Gasteiger partial charge on any atom is 0.123 e. The summed E-state index contributed by atoms with van der Waals surface area (Å²) in [5.41, 5.74) is 1.06. The van der Waals surface area contributed by atoms with Gasteiger partial charge in [0, 0.05) is 5.92 Å². The van der Waals surface area contributed by atoms with E-state index in [4.69, 9.17) is 0 Å². The second-order valence-corrected chi connectivity index (χ2v) is 2.50. The molecule has 13 heavy (non-hydrogen) atoms. The molecule has 0 aromatic heterocycles. The Balaban J connectivity index is 0. The Morgan fingerprint density at radius 3 is 2.23 bits per heavy atom. The van der Waals surface area contributed by atoms with Crippen molar-refractivity contribution >= 4 is 6.29 Å². The van der Waals surface area contributed by atoms with E-state index in [1.54, 1.807) is 12.2 Å². The highest BCUT2D eigenvalue weighted by molar-refractivity contribution is 5.53. The van der Waals surface area contributed by atoms with Gasteiger partial charge in [0.25, 0.3) is 0 Å². The molecule has 0 aliphatic rings. The van der Waals surface area contributed by atoms with Crippen molar-refractivity contribution < 1.29 is 4.79 Å². The van der Waals surface area contributed by atoms with E-state index in [1.165, 1.54) is 0 Å². The second-order valence-electron chi connectivity index (χ2n) is 2.50. The molecule has 0 aromatic rings. The largest absolute Gasteiger partial charge is 0.303 e. The molecule has 1 unspecified atom stereocenters. The maximum absolute atomic E-state index is 10.3. The molecule has 1 nitrogen and oxygen atoms in total. The zero-order valence-electron chi connectivity index (χ0n) is 8.92. The number of carbonyl (C=O) groups excluding carboxylic acids is 1. The number of hydrogen-bond donors (Lipinski definition) is 0. The Bertz CT molecular complexity index is 178. The lowest BCUT2D eigenvalue weighted by Crippen LogP contribution is -1.95. The van der Waals surface area contributed by atoms with Crippen LogP contribution in [0.15, 0.2) is 37.0 Å². The first-order valence-corrected chi connectivity index (χ1v) is 4.64. The van der Waals surface area contributed by atoms with Gasteiger partial charge in [-0.15, -0.1) is 0 Å². The summed E-state index contributed by atoms with van der Waals surface area (Å²) in [6, 6.07) is 0. The van der Waals surface area contributed by atoms with Gasteiger partial charge in [0.1, 0.15) is 6.29 Å². The minimum absolute atomic E-state index is 0.0687. The summed E-state index contributed by atoms with van der Waals surface area (Å²) in [5, 5.41) is 0. The van der Waals surface area contributed by atoms with Gasteiger partial charge in [0.15, 0.2) is 0 Å². The maximum atomic E-state index is 10.3. The van der Waals surface area contributed by atoms with Gasteiger partial charge >= 0.3 is 0 Å². The lowest BCUT2D eigenvalue weighted by Gasteiger charge is -2.02. The van der Waals surface area contributed by atoms with Crippen molar-refractivity contribution in [3.63, 3.8) is 0 Å². The van der Waals surface area contributed by atoms with Gasteiger partial charge in [-0.3, -0.25) is 0 Å². The topological polar surface area (TPSA) is 17.1 Å². The van der Waals surface area contributed by atoms with Crippen LogP contribution in [0.3, 0.4) is 0 Å². The molecule has 0 fully saturated rings. The van der Waals surface area contributed by atoms with Crippen molar-refractivity contribution in [2.75, 3.05) is 0 Å². The quantitative estimate of drug-likeness (QED) is 0.467. The van der Waals surface area contributed by atoms with Crippen LogP contribution in [0.1, 0.15) is 27.2 Å². The van der Waals surface area contributed by atoms with Crippen LogP contribution in [-0.4, -0.2) is 6.29 Å². The van der Waals surface area contributed by atoms with Crippen LogP contribution in [-0.2, 0) is 4.79 Å². The third kappa shape index (κ3) is 8.80. The molecule has 0 aromatic carbocycles. The molecule has 0 amide bonds. The van der Waals surface area contributed by atoms with Gasteiger partial charge in [-0.05, 0) is 12.0 Å². The van der Waals surface area contributed by atoms with Gasteiger partial charge in [0.05, 0.1) is 0 Å². The number of aldehydes is 1. The summed E-state index contributed by atoms with van der Waals surface area (Å²) in [6.07, 6.45) is 7.02. The van der Waals surface area contributed by atoms with E-state index in [2.05, 4.69) is 13.2 Å². The average Bonchev–Trinajstić information content (AvgIpc) is 2.20. The van der Waals surface area contributed by atoms with Gasteiger partial charge in [-0.2, -0.15) is 0 Å². The van der Waals surface area contributed by atoms with Crippen LogP contribution in [0.4, 0.5) is 0 Å². The van der Waals surface area contributed by atoms with E-state index in [0.717, 1.165) is 18.3 Å². The predicted molar refractivity (Wildman–Crippen MR) is 59.7 cm³/mol. The van der Waals surface area contributed by atoms with Crippen molar-refractivity contribution in [3.8, 4) is 0 Å². The summed E-state index contributed by atoms with van der Waals surface area (Å²) >= 11 is 0. The van der Waals surface area contributed by atoms with E-state index >= 15 is 0 Å². The molecule has 1 atom stereocenters. The van der Waals surface area contributed by atoms with Crippen LogP contribution in [0.2, 0.25) is 0 Å². The molecule has 1 heteroatoms. The molecule has 0 aliphatic heterocycles. The lowest BCUT2D eigenvalue weighted by atomic mass is 10.0. The van der Waals surface area contributed by atoms with Crippen LogP contribution in [0.5, 0.6) is 0 Å². The van der Waals surface area contributed by atoms with Gasteiger partial charge in [-0.1, -0.05) is 52.2 Å². The Kier molecular flexibility index (Phi) is 12.1. The number of hydrogen-bond acceptors (Lipinski definition) is 1. The van der Waals surface area contributed by atoms with E-state index in [0.29, 0.717) is 0 Å². The molecule has 0 bridgehead atoms. The summed E-state index contributed by atoms with van der Waals surface area (Å²) in [5.74, 6) is 0.0687. The minimum Gasteiger partial charge on any atom is -0.303 e. The molecule has 0 saturated heterocycles. The molecular formula is C12H20O. The summed E-state index contributed by atoms with van der Waals surface area (Å²) in [7, 11) is 0. The first-order valence-electron chi connectivity index (χ1n) is 4.64. The van der Waals surface area contributed by atoms with E-state index in [9.17, 15) is 4.79 Å². The molecule has 0 N–H and O–H groups in total. The van der Waals surface area contributed by atoms with Crippen LogP contribution in [0, 0.1) is 5.92 Å². The standard InChI is InChI=1S/C10H14O.C2H6/c1-4-6-10(5-2)7-9(3)8-11;1-2/h4-6,8-9H,1-2,7H2,3H3;1-2H3/b10-6+;. The second kappa shape index (κ2) is 10.9. The Hall–Kier alpha value is -1.11. The van der Waals surface area contributed by atoms with Crippen molar-refractivity contribution in [1.29, 1.82) is 0 Å². The van der Waals surface area contributed by atoms with Crippen molar-refractivity contribution in [2.45, 2.75) is 27.2 Å². The smallest absolute Gasteiger partial charge is 0.123 e. The van der Waals surface area contributed by atoms with Gasteiger partial charge in [-0.25, -0.2) is 0 Å². The van der Waals surface area contributed by atoms with E-state index in [1.807, 2.05) is 26.8 Å². The molecule has 0 spiro atoms. The Morgan fingerprint density at radius 2 is 1.92 bits per heavy atom. The van der Waals surface area contributed by atoms with E-state index < -0.39 is 0 Å². The molecule has 0 aliphatic carbocycles. The van der Waals surface area contributed by atoms with Crippen LogP contribution >= 0.6 is 0 Å². The fraction of sp³-hybridized carbons (Fsp3) is 0.417. The average molecular weight is 180 g/mol. The molecule has 0 heterocycles. The first kappa shape index (κ1) is 14.4. The van der Waals surface area contributed by atoms with Crippen molar-refractivity contribution in [1.82, 2.24) is 0 Å². The summed E-state index contributed by atoms with van der Waals surface area (Å²) < 4.78 is 0. The summed E-state index contributed by atoms with van der Waals surface area (Å²) in [6.45, 7) is 13.1. The zero-order chi connectivity index (χ0) is 10.7. The number of allylic oxidation sites excluding steroid dienone is 4. The van der Waals surface area contributed by atoms with Crippen molar-refractivity contribution in [3.05, 3.63) is 37.0 Å². The normalized spacial score (nSPS) is 12.1. The van der Waals surface area contributed by atoms with Gasteiger partial charge < -0.3 is 4.79 Å². The zero-order valence-corrected chi connectivity index (χ0v) is 8.92. The molecular weight excluding hydrogens is 160 g/mol. The summed E-state index contributed by atoms with van der Waals surface area (Å²) in [4.78, 5) is 10.3. The van der Waals surface area contributed by atoms with Gasteiger partial charge in [0.2, 0.25) is 0 Å². The highest BCUT2D eigenvalue weighted by Gasteiger charge is 1.99. The predicted octanol–water partition coefficient (Wildman–Crippen LogP) is 3.54. The number of rotatable bonds is 5. The third-order valence-electron chi connectivity index (χ3n) is 1.38. The van der Waals surface area contributed by atoms with Crippen LogP contribution in [0.25, 0.3) is 0 Å². The monoisotopic (exact) mass is 180 g/mol. The van der Waals surface area contributed by atoms with Crippen LogP contribution < -0.4 is 0 Å². The number of carbonyl (C=O) groups is 1. The fourth-order valence-electron chi connectivity index (χ4n) is 0.791. The molecule has 0 rings (SSSR count). The Morgan fingerprint density at radius 1 is 1.38 bits per heavy atom. The van der Waals surface area contributed by atoms with E-state index in [-0.39, 0.29) is 5.92 Å². The first-order chi connectivity index (χ1) is 6.24. The lowest BCUT2D eigenvalue weighted by molar-refractivity contribution is -0.110. The van der Waals surface area contributed by atoms with Crippen molar-refractivity contribution in [2.24, 2.45) is 5.92 Å². The SMILES string of the molecule is C=C/C=C(\C=C)CC(C)C=O.CC. The highest BCUT2D eigenvalue weighted by Crippen LogP contribution is 2.09. The molecule has 74 valence electrons. The Labute approximate surface area is 81.9 Å². The molecule has 0 radical (unpaired) electrons. The fourth-order valence-corrected chi connectivity index (χ4v) is 0.791. The molecule has 0 saturated carbocycles. The third-order valence-corrected chi connectivity index (χ3v) is 1.38. The highest BCUT2D eigenvalue weighted by atomic mass is 16.1.